The van der Waals surface area contributed by atoms with Crippen molar-refractivity contribution in [3.05, 3.63) is 28.2 Å². The molecule has 2 heterocycles. The van der Waals surface area contributed by atoms with Crippen molar-refractivity contribution >= 4 is 21.6 Å². The van der Waals surface area contributed by atoms with Crippen LogP contribution in [0.3, 0.4) is 0 Å². The van der Waals surface area contributed by atoms with E-state index in [9.17, 15) is 5.11 Å². The normalized spacial score (nSPS) is 25.4. The summed E-state index contributed by atoms with van der Waals surface area (Å²) in [6.07, 6.45) is 3.58. The fourth-order valence-electron chi connectivity index (χ4n) is 3.43. The van der Waals surface area contributed by atoms with Crippen LogP contribution < -0.4 is 4.90 Å². The molecule has 2 aliphatic rings. The summed E-state index contributed by atoms with van der Waals surface area (Å²) in [7, 11) is 0. The quantitative estimate of drug-likeness (QED) is 0.916. The maximum atomic E-state index is 9.70. The third-order valence-electron chi connectivity index (χ3n) is 4.62. The Labute approximate surface area is 129 Å². The lowest BCUT2D eigenvalue weighted by Gasteiger charge is -2.25. The van der Waals surface area contributed by atoms with Crippen molar-refractivity contribution in [3.8, 4) is 0 Å². The van der Waals surface area contributed by atoms with Gasteiger partial charge in [-0.15, -0.1) is 0 Å². The van der Waals surface area contributed by atoms with E-state index in [0.29, 0.717) is 0 Å². The van der Waals surface area contributed by atoms with Gasteiger partial charge in [0.15, 0.2) is 0 Å². The molecule has 2 fully saturated rings. The Morgan fingerprint density at radius 1 is 1.25 bits per heavy atom. The largest absolute Gasteiger partial charge is 0.389 e. The SMILES string of the molecule is C[C@H](O)c1ccc(N2CCC(N3CCCC3)C2)cc1Br. The second kappa shape index (κ2) is 6.04. The van der Waals surface area contributed by atoms with Crippen LogP contribution in [0.5, 0.6) is 0 Å². The average molecular weight is 339 g/mol. The molecule has 0 aliphatic carbocycles. The first-order valence-electron chi connectivity index (χ1n) is 7.61. The number of rotatable bonds is 3. The number of hydrogen-bond acceptors (Lipinski definition) is 3. The highest BCUT2D eigenvalue weighted by Gasteiger charge is 2.29. The van der Waals surface area contributed by atoms with Crippen LogP contribution in [0.15, 0.2) is 22.7 Å². The van der Waals surface area contributed by atoms with E-state index in [-0.39, 0.29) is 0 Å². The fourth-order valence-corrected chi connectivity index (χ4v) is 4.13. The van der Waals surface area contributed by atoms with E-state index in [1.54, 1.807) is 6.92 Å². The minimum absolute atomic E-state index is 0.422. The third-order valence-corrected chi connectivity index (χ3v) is 5.31. The number of hydrogen-bond donors (Lipinski definition) is 1. The van der Waals surface area contributed by atoms with Crippen LogP contribution in [0.2, 0.25) is 0 Å². The lowest BCUT2D eigenvalue weighted by atomic mass is 10.1. The summed E-state index contributed by atoms with van der Waals surface area (Å²) in [5.74, 6) is 0. The van der Waals surface area contributed by atoms with Crippen molar-refractivity contribution in [2.45, 2.75) is 38.3 Å². The summed E-state index contributed by atoms with van der Waals surface area (Å²) in [6.45, 7) is 6.65. The molecule has 1 aromatic carbocycles. The molecule has 3 rings (SSSR count). The Balaban J connectivity index is 1.69. The summed E-state index contributed by atoms with van der Waals surface area (Å²) < 4.78 is 1.01. The monoisotopic (exact) mass is 338 g/mol. The Bertz CT molecular complexity index is 472. The van der Waals surface area contributed by atoms with Crippen molar-refractivity contribution in [1.82, 2.24) is 4.90 Å². The maximum absolute atomic E-state index is 9.70. The number of likely N-dealkylation sites (tertiary alicyclic amines) is 1. The highest BCUT2D eigenvalue weighted by Crippen LogP contribution is 2.31. The fraction of sp³-hybridized carbons (Fsp3) is 0.625. The molecular weight excluding hydrogens is 316 g/mol. The lowest BCUT2D eigenvalue weighted by molar-refractivity contribution is 0.198. The Morgan fingerprint density at radius 3 is 2.65 bits per heavy atom. The lowest BCUT2D eigenvalue weighted by Crippen LogP contribution is -2.35. The van der Waals surface area contributed by atoms with Crippen LogP contribution in [0.4, 0.5) is 5.69 Å². The second-order valence-electron chi connectivity index (χ2n) is 6.01. The predicted molar refractivity (Wildman–Crippen MR) is 86.2 cm³/mol. The van der Waals surface area contributed by atoms with E-state index in [1.807, 2.05) is 6.07 Å². The van der Waals surface area contributed by atoms with E-state index < -0.39 is 6.10 Å². The zero-order valence-corrected chi connectivity index (χ0v) is 13.6. The van der Waals surface area contributed by atoms with Gasteiger partial charge in [0, 0.05) is 29.3 Å². The van der Waals surface area contributed by atoms with Crippen molar-refractivity contribution in [1.29, 1.82) is 0 Å². The molecule has 0 aromatic heterocycles. The van der Waals surface area contributed by atoms with Crippen LogP contribution in [-0.4, -0.2) is 42.2 Å². The number of aliphatic hydroxyl groups is 1. The standard InChI is InChI=1S/C16H23BrN2O/c1-12(20)15-5-4-13(10-16(15)17)19-9-6-14(11-19)18-7-2-3-8-18/h4-5,10,12,14,20H,2-3,6-9,11H2,1H3/t12-,14?/m0/s1. The first-order valence-corrected chi connectivity index (χ1v) is 8.41. The Kier molecular flexibility index (Phi) is 4.34. The zero-order chi connectivity index (χ0) is 14.1. The molecule has 0 spiro atoms. The van der Waals surface area contributed by atoms with Gasteiger partial charge in [-0.1, -0.05) is 22.0 Å². The van der Waals surface area contributed by atoms with E-state index >= 15 is 0 Å². The zero-order valence-electron chi connectivity index (χ0n) is 12.1. The summed E-state index contributed by atoms with van der Waals surface area (Å²) in [5, 5.41) is 9.70. The molecule has 3 nitrogen and oxygen atoms in total. The van der Waals surface area contributed by atoms with Crippen molar-refractivity contribution < 1.29 is 5.11 Å². The van der Waals surface area contributed by atoms with Gasteiger partial charge in [-0.25, -0.2) is 0 Å². The average Bonchev–Trinajstić information content (AvgIpc) is 3.09. The van der Waals surface area contributed by atoms with Crippen LogP contribution in [-0.2, 0) is 0 Å². The predicted octanol–water partition coefficient (Wildman–Crippen LogP) is 3.18. The molecule has 1 unspecified atom stereocenters. The van der Waals surface area contributed by atoms with Gasteiger partial charge in [-0.05, 0) is 57.0 Å². The highest BCUT2D eigenvalue weighted by molar-refractivity contribution is 9.10. The second-order valence-corrected chi connectivity index (χ2v) is 6.87. The number of aliphatic hydroxyl groups excluding tert-OH is 1. The van der Waals surface area contributed by atoms with Gasteiger partial charge in [0.25, 0.3) is 0 Å². The first-order chi connectivity index (χ1) is 9.65. The van der Waals surface area contributed by atoms with Gasteiger partial charge in [0.05, 0.1) is 6.10 Å². The summed E-state index contributed by atoms with van der Waals surface area (Å²) in [6, 6.07) is 7.05. The molecule has 110 valence electrons. The van der Waals surface area contributed by atoms with Gasteiger partial charge >= 0.3 is 0 Å². The number of halogens is 1. The van der Waals surface area contributed by atoms with Crippen LogP contribution in [0.1, 0.15) is 37.9 Å². The molecule has 2 atom stereocenters. The number of nitrogens with zero attached hydrogens (tertiary/aromatic N) is 2. The molecule has 1 N–H and O–H groups in total. The molecule has 0 radical (unpaired) electrons. The van der Waals surface area contributed by atoms with Crippen molar-refractivity contribution in [3.63, 3.8) is 0 Å². The van der Waals surface area contributed by atoms with Gasteiger partial charge in [0.2, 0.25) is 0 Å². The smallest absolute Gasteiger partial charge is 0.0772 e. The summed E-state index contributed by atoms with van der Waals surface area (Å²) in [4.78, 5) is 5.12. The minimum atomic E-state index is -0.422. The van der Waals surface area contributed by atoms with E-state index in [4.69, 9.17) is 0 Å². The molecule has 2 saturated heterocycles. The summed E-state index contributed by atoms with van der Waals surface area (Å²) >= 11 is 3.58. The van der Waals surface area contributed by atoms with Crippen LogP contribution in [0.25, 0.3) is 0 Å². The first kappa shape index (κ1) is 14.4. The molecule has 0 amide bonds. The molecule has 20 heavy (non-hydrogen) atoms. The molecule has 0 saturated carbocycles. The Morgan fingerprint density at radius 2 is 2.00 bits per heavy atom. The van der Waals surface area contributed by atoms with E-state index in [2.05, 4.69) is 37.9 Å². The van der Waals surface area contributed by atoms with E-state index in [1.165, 1.54) is 38.0 Å². The molecule has 4 heteroatoms. The van der Waals surface area contributed by atoms with Crippen LogP contribution >= 0.6 is 15.9 Å². The number of benzene rings is 1. The highest BCUT2D eigenvalue weighted by atomic mass is 79.9. The Hall–Kier alpha value is -0.580. The van der Waals surface area contributed by atoms with Crippen molar-refractivity contribution in [2.75, 3.05) is 31.1 Å². The van der Waals surface area contributed by atoms with E-state index in [0.717, 1.165) is 29.2 Å². The third kappa shape index (κ3) is 2.87. The minimum Gasteiger partial charge on any atom is -0.389 e. The molecular formula is C16H23BrN2O. The summed E-state index contributed by atoms with van der Waals surface area (Å²) in [5.41, 5.74) is 2.23. The number of anilines is 1. The molecule has 1 aromatic rings. The topological polar surface area (TPSA) is 26.7 Å². The van der Waals surface area contributed by atoms with Gasteiger partial charge < -0.3 is 10.0 Å². The van der Waals surface area contributed by atoms with Crippen molar-refractivity contribution in [2.24, 2.45) is 0 Å². The van der Waals surface area contributed by atoms with Gasteiger partial charge in [0.1, 0.15) is 0 Å². The molecule has 2 aliphatic heterocycles. The van der Waals surface area contributed by atoms with Gasteiger partial charge in [-0.2, -0.15) is 0 Å². The van der Waals surface area contributed by atoms with Crippen LogP contribution in [0, 0.1) is 0 Å². The maximum Gasteiger partial charge on any atom is 0.0772 e. The van der Waals surface area contributed by atoms with Gasteiger partial charge in [-0.3, -0.25) is 4.90 Å². The molecule has 0 bridgehead atoms.